The van der Waals surface area contributed by atoms with Crippen molar-refractivity contribution in [3.05, 3.63) is 34.2 Å². The lowest BCUT2D eigenvalue weighted by Gasteiger charge is -2.02. The monoisotopic (exact) mass is 258 g/mol. The first-order valence-electron chi connectivity index (χ1n) is 5.72. The molecule has 0 amide bonds. The summed E-state index contributed by atoms with van der Waals surface area (Å²) < 4.78 is 5.22. The molecule has 0 aliphatic heterocycles. The number of nitriles is 1. The van der Waals surface area contributed by atoms with Gasteiger partial charge < -0.3 is 4.74 Å². The molecule has 0 aliphatic rings. The summed E-state index contributed by atoms with van der Waals surface area (Å²) in [7, 11) is 1.66. The van der Waals surface area contributed by atoms with E-state index in [1.54, 1.807) is 18.4 Å². The van der Waals surface area contributed by atoms with Crippen LogP contribution in [0, 0.1) is 18.3 Å². The molecule has 0 saturated heterocycles. The lowest BCUT2D eigenvalue weighted by Crippen LogP contribution is -1.86. The number of methoxy groups -OCH3 is 1. The Kier molecular flexibility index (Phi) is 3.96. The van der Waals surface area contributed by atoms with Gasteiger partial charge in [-0.1, -0.05) is 12.1 Å². The molecular formula is C14H14N2OS. The summed E-state index contributed by atoms with van der Waals surface area (Å²) in [4.78, 5) is 5.78. The minimum Gasteiger partial charge on any atom is -0.497 e. The molecule has 0 bridgehead atoms. The Morgan fingerprint density at radius 3 is 3.00 bits per heavy atom. The SMILES string of the molecule is COc1cccc(-c2nc(CCC#N)sc2C)c1. The van der Waals surface area contributed by atoms with Crippen molar-refractivity contribution >= 4 is 11.3 Å². The van der Waals surface area contributed by atoms with Crippen molar-refractivity contribution in [1.82, 2.24) is 4.98 Å². The lowest BCUT2D eigenvalue weighted by molar-refractivity contribution is 0.415. The second kappa shape index (κ2) is 5.65. The van der Waals surface area contributed by atoms with Gasteiger partial charge in [-0.05, 0) is 19.1 Å². The summed E-state index contributed by atoms with van der Waals surface area (Å²) in [6.45, 7) is 2.06. The van der Waals surface area contributed by atoms with Crippen LogP contribution < -0.4 is 4.74 Å². The van der Waals surface area contributed by atoms with Gasteiger partial charge in [-0.2, -0.15) is 5.26 Å². The summed E-state index contributed by atoms with van der Waals surface area (Å²) >= 11 is 1.66. The number of rotatable bonds is 4. The van der Waals surface area contributed by atoms with Gasteiger partial charge in [0.1, 0.15) is 5.75 Å². The Hall–Kier alpha value is -1.86. The Labute approximate surface area is 111 Å². The minimum atomic E-state index is 0.518. The highest BCUT2D eigenvalue weighted by atomic mass is 32.1. The van der Waals surface area contributed by atoms with Crippen LogP contribution in [0.5, 0.6) is 5.75 Å². The average Bonchev–Trinajstić information content (AvgIpc) is 2.77. The van der Waals surface area contributed by atoms with Crippen LogP contribution in [0.3, 0.4) is 0 Å². The highest BCUT2D eigenvalue weighted by Crippen LogP contribution is 2.30. The van der Waals surface area contributed by atoms with Gasteiger partial charge in [-0.15, -0.1) is 11.3 Å². The fourth-order valence-corrected chi connectivity index (χ4v) is 2.71. The molecule has 0 radical (unpaired) electrons. The van der Waals surface area contributed by atoms with Crippen molar-refractivity contribution in [1.29, 1.82) is 5.26 Å². The van der Waals surface area contributed by atoms with Crippen molar-refractivity contribution < 1.29 is 4.74 Å². The van der Waals surface area contributed by atoms with Crippen molar-refractivity contribution in [2.75, 3.05) is 7.11 Å². The number of nitrogens with zero attached hydrogens (tertiary/aromatic N) is 2. The van der Waals surface area contributed by atoms with Gasteiger partial charge in [-0.25, -0.2) is 4.98 Å². The molecule has 18 heavy (non-hydrogen) atoms. The van der Waals surface area contributed by atoms with Crippen molar-refractivity contribution in [3.8, 4) is 23.1 Å². The molecule has 2 aromatic rings. The maximum atomic E-state index is 8.60. The van der Waals surface area contributed by atoms with E-state index in [0.717, 1.165) is 28.4 Å². The number of thiazole rings is 1. The van der Waals surface area contributed by atoms with E-state index >= 15 is 0 Å². The topological polar surface area (TPSA) is 45.9 Å². The molecule has 0 fully saturated rings. The van der Waals surface area contributed by atoms with E-state index in [9.17, 15) is 0 Å². The van der Waals surface area contributed by atoms with E-state index in [1.165, 1.54) is 4.88 Å². The van der Waals surface area contributed by atoms with E-state index in [-0.39, 0.29) is 0 Å². The number of hydrogen-bond donors (Lipinski definition) is 0. The third kappa shape index (κ3) is 2.69. The summed E-state index contributed by atoms with van der Waals surface area (Å²) in [6, 6.07) is 10.0. The highest BCUT2D eigenvalue weighted by molar-refractivity contribution is 7.12. The van der Waals surface area contributed by atoms with Gasteiger partial charge in [0.15, 0.2) is 0 Å². The fourth-order valence-electron chi connectivity index (χ4n) is 1.76. The van der Waals surface area contributed by atoms with Crippen molar-refractivity contribution in [2.45, 2.75) is 19.8 Å². The summed E-state index contributed by atoms with van der Waals surface area (Å²) in [5, 5.41) is 9.62. The molecule has 3 nitrogen and oxygen atoms in total. The van der Waals surface area contributed by atoms with Crippen molar-refractivity contribution in [3.63, 3.8) is 0 Å². The van der Waals surface area contributed by atoms with Crippen LogP contribution in [0.1, 0.15) is 16.3 Å². The van der Waals surface area contributed by atoms with Crippen LogP contribution >= 0.6 is 11.3 Å². The quantitative estimate of drug-likeness (QED) is 0.842. The van der Waals surface area contributed by atoms with Gasteiger partial charge >= 0.3 is 0 Å². The highest BCUT2D eigenvalue weighted by Gasteiger charge is 2.10. The summed E-state index contributed by atoms with van der Waals surface area (Å²) in [5.41, 5.74) is 2.05. The molecule has 2 rings (SSSR count). The first-order chi connectivity index (χ1) is 8.74. The van der Waals surface area contributed by atoms with E-state index < -0.39 is 0 Å². The number of aromatic nitrogens is 1. The Morgan fingerprint density at radius 1 is 1.44 bits per heavy atom. The zero-order valence-electron chi connectivity index (χ0n) is 10.4. The first kappa shape index (κ1) is 12.6. The fraction of sp³-hybridized carbons (Fsp3) is 0.286. The van der Waals surface area contributed by atoms with Gasteiger partial charge in [0.25, 0.3) is 0 Å². The molecular weight excluding hydrogens is 244 g/mol. The Balaban J connectivity index is 2.32. The molecule has 92 valence electrons. The lowest BCUT2D eigenvalue weighted by atomic mass is 10.1. The van der Waals surface area contributed by atoms with E-state index in [0.29, 0.717) is 6.42 Å². The van der Waals surface area contributed by atoms with E-state index in [4.69, 9.17) is 10.00 Å². The Morgan fingerprint density at radius 2 is 2.28 bits per heavy atom. The minimum absolute atomic E-state index is 0.518. The predicted octanol–water partition coefficient (Wildman–Crippen LogP) is 3.58. The van der Waals surface area contributed by atoms with Crippen LogP contribution in [-0.2, 0) is 6.42 Å². The molecule has 4 heteroatoms. The van der Waals surface area contributed by atoms with Crippen molar-refractivity contribution in [2.24, 2.45) is 0 Å². The number of ether oxygens (including phenoxy) is 1. The third-order valence-corrected chi connectivity index (χ3v) is 3.67. The van der Waals surface area contributed by atoms with Gasteiger partial charge in [0.05, 0.1) is 23.9 Å². The maximum absolute atomic E-state index is 8.60. The molecule has 1 aromatic heterocycles. The van der Waals surface area contributed by atoms with Crippen LogP contribution in [-0.4, -0.2) is 12.1 Å². The average molecular weight is 258 g/mol. The van der Waals surface area contributed by atoms with Crippen LogP contribution in [0.2, 0.25) is 0 Å². The number of hydrogen-bond acceptors (Lipinski definition) is 4. The number of benzene rings is 1. The van der Waals surface area contributed by atoms with E-state index in [1.807, 2.05) is 24.3 Å². The Bertz CT molecular complexity index is 584. The maximum Gasteiger partial charge on any atom is 0.119 e. The molecule has 0 saturated carbocycles. The third-order valence-electron chi connectivity index (χ3n) is 2.63. The number of aryl methyl sites for hydroxylation is 2. The van der Waals surface area contributed by atoms with E-state index in [2.05, 4.69) is 18.0 Å². The molecule has 0 spiro atoms. The van der Waals surface area contributed by atoms with Gasteiger partial charge in [0, 0.05) is 23.3 Å². The standard InChI is InChI=1S/C14H14N2OS/c1-10-14(16-13(18-10)7-4-8-15)11-5-3-6-12(9-11)17-2/h3,5-6,9H,4,7H2,1-2H3. The summed E-state index contributed by atoms with van der Waals surface area (Å²) in [5.74, 6) is 0.832. The molecule has 0 unspecified atom stereocenters. The largest absolute Gasteiger partial charge is 0.497 e. The zero-order valence-corrected chi connectivity index (χ0v) is 11.3. The molecule has 1 heterocycles. The van der Waals surface area contributed by atoms with Crippen LogP contribution in [0.4, 0.5) is 0 Å². The molecule has 1 aromatic carbocycles. The molecule has 0 N–H and O–H groups in total. The predicted molar refractivity (Wildman–Crippen MR) is 72.8 cm³/mol. The second-order valence-corrected chi connectivity index (χ2v) is 5.19. The van der Waals surface area contributed by atoms with Crippen LogP contribution in [0.25, 0.3) is 11.3 Å². The smallest absolute Gasteiger partial charge is 0.119 e. The molecule has 0 aliphatic carbocycles. The molecule has 0 atom stereocenters. The normalized spacial score (nSPS) is 10.1. The summed E-state index contributed by atoms with van der Waals surface area (Å²) in [6.07, 6.45) is 1.25. The second-order valence-electron chi connectivity index (χ2n) is 3.90. The zero-order chi connectivity index (χ0) is 13.0. The van der Waals surface area contributed by atoms with Gasteiger partial charge in [-0.3, -0.25) is 0 Å². The first-order valence-corrected chi connectivity index (χ1v) is 6.54. The van der Waals surface area contributed by atoms with Crippen LogP contribution in [0.15, 0.2) is 24.3 Å². The van der Waals surface area contributed by atoms with Gasteiger partial charge in [0.2, 0.25) is 0 Å².